The van der Waals surface area contributed by atoms with Crippen LogP contribution in [0, 0.1) is 0 Å². The molecule has 6 heteroatoms. The van der Waals surface area contributed by atoms with Gasteiger partial charge in [0.1, 0.15) is 5.69 Å². The minimum Gasteiger partial charge on any atom is -0.344 e. The topological polar surface area (TPSA) is 70.4 Å². The van der Waals surface area contributed by atoms with Crippen molar-refractivity contribution >= 4 is 22.5 Å². The molecule has 1 aliphatic rings. The Labute approximate surface area is 179 Å². The third-order valence-corrected chi connectivity index (χ3v) is 5.94. The Kier molecular flexibility index (Phi) is 4.36. The molecule has 0 amide bonds. The summed E-state index contributed by atoms with van der Waals surface area (Å²) in [5.74, 6) is -1.62. The zero-order chi connectivity index (χ0) is 21.8. The minimum atomic E-state index is -1.27. The summed E-state index contributed by atoms with van der Waals surface area (Å²) < 4.78 is 13.4. The summed E-state index contributed by atoms with van der Waals surface area (Å²) in [5.41, 5.74) is 3.43. The number of methoxy groups -OCH3 is 2. The van der Waals surface area contributed by atoms with Gasteiger partial charge in [0.15, 0.2) is 11.6 Å². The SMILES string of the molecule is COC(OC)(c1ccccc1)c1nn(C)c2c3c(ccc12)C(=O)c1ccccc1C3=O. The van der Waals surface area contributed by atoms with E-state index in [4.69, 9.17) is 14.6 Å². The number of rotatable bonds is 4. The Bertz CT molecular complexity index is 1350. The van der Waals surface area contributed by atoms with Gasteiger partial charge in [-0.05, 0) is 12.1 Å². The summed E-state index contributed by atoms with van der Waals surface area (Å²) >= 11 is 0. The molecule has 6 nitrogen and oxygen atoms in total. The molecule has 0 spiro atoms. The van der Waals surface area contributed by atoms with Gasteiger partial charge in [-0.15, -0.1) is 0 Å². The highest BCUT2D eigenvalue weighted by molar-refractivity contribution is 6.31. The lowest BCUT2D eigenvalue weighted by atomic mass is 9.82. The lowest BCUT2D eigenvalue weighted by Gasteiger charge is -2.30. The van der Waals surface area contributed by atoms with Crippen LogP contribution in [0.4, 0.5) is 0 Å². The molecule has 5 rings (SSSR count). The summed E-state index contributed by atoms with van der Waals surface area (Å²) in [6.07, 6.45) is 0. The number of ketones is 2. The number of carbonyl (C=O) groups is 2. The van der Waals surface area contributed by atoms with E-state index in [0.29, 0.717) is 38.9 Å². The zero-order valence-corrected chi connectivity index (χ0v) is 17.4. The van der Waals surface area contributed by atoms with E-state index in [1.807, 2.05) is 36.4 Å². The van der Waals surface area contributed by atoms with E-state index < -0.39 is 5.79 Å². The molecule has 0 fully saturated rings. The molecule has 1 heterocycles. The molecular formula is C25H20N2O4. The van der Waals surface area contributed by atoms with E-state index in [1.54, 1.807) is 56.3 Å². The van der Waals surface area contributed by atoms with Crippen molar-refractivity contribution in [1.82, 2.24) is 9.78 Å². The van der Waals surface area contributed by atoms with Gasteiger partial charge in [-0.3, -0.25) is 14.3 Å². The summed E-state index contributed by atoms with van der Waals surface area (Å²) in [7, 11) is 4.87. The zero-order valence-electron chi connectivity index (χ0n) is 17.4. The number of aryl methyl sites for hydroxylation is 1. The van der Waals surface area contributed by atoms with Crippen molar-refractivity contribution < 1.29 is 19.1 Å². The van der Waals surface area contributed by atoms with Crippen LogP contribution >= 0.6 is 0 Å². The summed E-state index contributed by atoms with van der Waals surface area (Å²) in [5, 5.41) is 5.40. The Hall–Kier alpha value is -3.61. The number of hydrogen-bond acceptors (Lipinski definition) is 5. The second kappa shape index (κ2) is 6.97. The molecule has 0 aliphatic heterocycles. The predicted octanol–water partition coefficient (Wildman–Crippen LogP) is 3.84. The van der Waals surface area contributed by atoms with Crippen LogP contribution in [0.5, 0.6) is 0 Å². The van der Waals surface area contributed by atoms with Gasteiger partial charge in [-0.25, -0.2) is 0 Å². The highest BCUT2D eigenvalue weighted by Crippen LogP contribution is 2.40. The van der Waals surface area contributed by atoms with E-state index >= 15 is 0 Å². The van der Waals surface area contributed by atoms with Crippen molar-refractivity contribution in [2.75, 3.05) is 14.2 Å². The van der Waals surface area contributed by atoms with Crippen LogP contribution in [-0.4, -0.2) is 35.6 Å². The minimum absolute atomic E-state index is 0.164. The van der Waals surface area contributed by atoms with Gasteiger partial charge < -0.3 is 9.47 Å². The van der Waals surface area contributed by atoms with Crippen molar-refractivity contribution in [3.8, 4) is 0 Å². The van der Waals surface area contributed by atoms with Gasteiger partial charge in [0.25, 0.3) is 0 Å². The second-order valence-electron chi connectivity index (χ2n) is 7.45. The number of ether oxygens (including phenoxy) is 2. The maximum Gasteiger partial charge on any atom is 0.241 e. The molecular weight excluding hydrogens is 392 g/mol. The van der Waals surface area contributed by atoms with Crippen LogP contribution in [0.25, 0.3) is 10.9 Å². The van der Waals surface area contributed by atoms with Crippen LogP contribution in [-0.2, 0) is 22.3 Å². The number of hydrogen-bond donors (Lipinski definition) is 0. The Balaban J connectivity index is 1.82. The Morgan fingerprint density at radius 3 is 2.03 bits per heavy atom. The molecule has 3 aromatic carbocycles. The average Bonchev–Trinajstić information content (AvgIpc) is 3.16. The van der Waals surface area contributed by atoms with Crippen LogP contribution in [0.15, 0.2) is 66.7 Å². The van der Waals surface area contributed by atoms with E-state index in [2.05, 4.69) is 0 Å². The molecule has 31 heavy (non-hydrogen) atoms. The third kappa shape index (κ3) is 2.55. The maximum absolute atomic E-state index is 13.4. The molecule has 0 bridgehead atoms. The fraction of sp³-hybridized carbons (Fsp3) is 0.160. The van der Waals surface area contributed by atoms with Crippen molar-refractivity contribution in [3.63, 3.8) is 0 Å². The Morgan fingerprint density at radius 1 is 0.774 bits per heavy atom. The third-order valence-electron chi connectivity index (χ3n) is 5.94. The lowest BCUT2D eigenvalue weighted by molar-refractivity contribution is -0.185. The van der Waals surface area contributed by atoms with Gasteiger partial charge >= 0.3 is 0 Å². The van der Waals surface area contributed by atoms with Gasteiger partial charge in [0, 0.05) is 48.9 Å². The van der Waals surface area contributed by atoms with Gasteiger partial charge in [0.05, 0.1) is 11.1 Å². The fourth-order valence-corrected chi connectivity index (χ4v) is 4.50. The quantitative estimate of drug-likeness (QED) is 0.420. The first kappa shape index (κ1) is 19.4. The summed E-state index contributed by atoms with van der Waals surface area (Å²) in [4.78, 5) is 26.5. The van der Waals surface area contributed by atoms with Crippen molar-refractivity contribution in [1.29, 1.82) is 0 Å². The second-order valence-corrected chi connectivity index (χ2v) is 7.45. The fourth-order valence-electron chi connectivity index (χ4n) is 4.50. The number of carbonyl (C=O) groups excluding carboxylic acids is 2. The number of nitrogens with zero attached hydrogens (tertiary/aromatic N) is 2. The van der Waals surface area contributed by atoms with E-state index in [-0.39, 0.29) is 11.6 Å². The lowest BCUT2D eigenvalue weighted by Crippen LogP contribution is -2.33. The van der Waals surface area contributed by atoms with Gasteiger partial charge in [0.2, 0.25) is 5.79 Å². The summed E-state index contributed by atoms with van der Waals surface area (Å²) in [6, 6.07) is 19.9. The predicted molar refractivity (Wildman–Crippen MR) is 115 cm³/mol. The van der Waals surface area contributed by atoms with Crippen LogP contribution < -0.4 is 0 Å². The Morgan fingerprint density at radius 2 is 1.39 bits per heavy atom. The maximum atomic E-state index is 13.4. The summed E-state index contributed by atoms with van der Waals surface area (Å²) in [6.45, 7) is 0. The molecule has 1 aromatic heterocycles. The van der Waals surface area contributed by atoms with Crippen molar-refractivity contribution in [3.05, 3.63) is 100 Å². The van der Waals surface area contributed by atoms with Crippen molar-refractivity contribution in [2.45, 2.75) is 5.79 Å². The highest BCUT2D eigenvalue weighted by Gasteiger charge is 2.41. The molecule has 4 aromatic rings. The normalized spacial score (nSPS) is 13.4. The van der Waals surface area contributed by atoms with Gasteiger partial charge in [-0.2, -0.15) is 5.10 Å². The molecule has 0 atom stereocenters. The van der Waals surface area contributed by atoms with Crippen molar-refractivity contribution in [2.24, 2.45) is 7.05 Å². The monoisotopic (exact) mass is 412 g/mol. The first-order valence-corrected chi connectivity index (χ1v) is 9.88. The standard InChI is InChI=1S/C25H20N2O4/c1-27-21-19(24(26-27)25(30-2,31-3)15-9-5-4-6-10-15)14-13-18-20(21)23(29)17-12-8-7-11-16(17)22(18)28/h4-14H,1-3H3. The molecule has 0 N–H and O–H groups in total. The molecule has 1 aliphatic carbocycles. The molecule has 0 unspecified atom stereocenters. The average molecular weight is 412 g/mol. The van der Waals surface area contributed by atoms with Crippen LogP contribution in [0.1, 0.15) is 43.1 Å². The molecule has 0 radical (unpaired) electrons. The van der Waals surface area contributed by atoms with Crippen LogP contribution in [0.2, 0.25) is 0 Å². The van der Waals surface area contributed by atoms with E-state index in [9.17, 15) is 9.59 Å². The largest absolute Gasteiger partial charge is 0.344 e. The molecule has 0 saturated heterocycles. The van der Waals surface area contributed by atoms with Gasteiger partial charge in [-0.1, -0.05) is 54.6 Å². The number of benzene rings is 3. The first-order valence-electron chi connectivity index (χ1n) is 9.88. The molecule has 0 saturated carbocycles. The van der Waals surface area contributed by atoms with E-state index in [0.717, 1.165) is 5.56 Å². The number of fused-ring (bicyclic) bond motifs is 4. The van der Waals surface area contributed by atoms with E-state index in [1.165, 1.54) is 0 Å². The molecule has 154 valence electrons. The van der Waals surface area contributed by atoms with Crippen LogP contribution in [0.3, 0.4) is 0 Å². The smallest absolute Gasteiger partial charge is 0.241 e. The highest BCUT2D eigenvalue weighted by atomic mass is 16.7. The first-order chi connectivity index (χ1) is 15.0. The number of aromatic nitrogens is 2.